The zero-order chi connectivity index (χ0) is 13.2. The molecule has 0 aliphatic carbocycles. The summed E-state index contributed by atoms with van der Waals surface area (Å²) in [6.45, 7) is 1.41. The van der Waals surface area contributed by atoms with Crippen molar-refractivity contribution in [1.82, 2.24) is 15.3 Å². The molecule has 0 unspecified atom stereocenters. The van der Waals surface area contributed by atoms with E-state index in [4.69, 9.17) is 4.74 Å². The monoisotopic (exact) mass is 260 g/mol. The zero-order valence-corrected chi connectivity index (χ0v) is 10.4. The van der Waals surface area contributed by atoms with Gasteiger partial charge in [-0.15, -0.1) is 0 Å². The summed E-state index contributed by atoms with van der Waals surface area (Å²) in [5.74, 6) is 0.427. The fraction of sp³-hybridized carbons (Fsp3) is 0.231. The first-order chi connectivity index (χ1) is 9.26. The minimum atomic E-state index is -0.266. The molecule has 19 heavy (non-hydrogen) atoms. The minimum Gasteiger partial charge on any atom is -0.467 e. The van der Waals surface area contributed by atoms with E-state index in [0.29, 0.717) is 24.9 Å². The summed E-state index contributed by atoms with van der Waals surface area (Å²) in [6.07, 6.45) is 0. The molecule has 5 nitrogen and oxygen atoms in total. The number of ether oxygens (including phenoxy) is 1. The number of halogens is 1. The summed E-state index contributed by atoms with van der Waals surface area (Å²) < 4.78 is 18.0. The van der Waals surface area contributed by atoms with Gasteiger partial charge in [0.2, 0.25) is 0 Å². The number of methoxy groups -OCH3 is 1. The molecule has 0 fully saturated rings. The average Bonchev–Trinajstić information content (AvgIpc) is 2.89. The maximum atomic E-state index is 12.9. The molecule has 0 atom stereocenters. The molecule has 1 aromatic heterocycles. The third-order valence-corrected chi connectivity index (χ3v) is 2.96. The van der Waals surface area contributed by atoms with Gasteiger partial charge >= 0.3 is 6.01 Å². The van der Waals surface area contributed by atoms with Gasteiger partial charge in [0.25, 0.3) is 0 Å². The van der Waals surface area contributed by atoms with Crippen LogP contribution in [0.1, 0.15) is 11.3 Å². The lowest BCUT2D eigenvalue weighted by Crippen LogP contribution is -2.04. The number of rotatable bonds is 3. The molecule has 0 saturated carbocycles. The highest BCUT2D eigenvalue weighted by Gasteiger charge is 2.19. The van der Waals surface area contributed by atoms with Gasteiger partial charge in [0, 0.05) is 24.3 Å². The van der Waals surface area contributed by atoms with E-state index in [0.717, 1.165) is 16.9 Å². The molecule has 1 aliphatic heterocycles. The number of nitrogens with zero attached hydrogens (tertiary/aromatic N) is 2. The molecule has 1 aromatic carbocycles. The Hall–Kier alpha value is -2.21. The third kappa shape index (κ3) is 2.34. The van der Waals surface area contributed by atoms with Gasteiger partial charge in [0.15, 0.2) is 0 Å². The summed E-state index contributed by atoms with van der Waals surface area (Å²) >= 11 is 0. The highest BCUT2D eigenvalue weighted by atomic mass is 19.1. The SMILES string of the molecule is COc1nc2c(c(Nc3ccc(F)cc3)n1)CNC2. The molecule has 0 amide bonds. The van der Waals surface area contributed by atoms with Gasteiger partial charge in [-0.05, 0) is 24.3 Å². The quantitative estimate of drug-likeness (QED) is 0.883. The first-order valence-electron chi connectivity index (χ1n) is 5.93. The van der Waals surface area contributed by atoms with Crippen LogP contribution >= 0.6 is 0 Å². The maximum absolute atomic E-state index is 12.9. The van der Waals surface area contributed by atoms with Crippen molar-refractivity contribution in [3.05, 3.63) is 41.3 Å². The van der Waals surface area contributed by atoms with Crippen LogP contribution in [-0.4, -0.2) is 17.1 Å². The van der Waals surface area contributed by atoms with E-state index in [9.17, 15) is 4.39 Å². The van der Waals surface area contributed by atoms with Crippen LogP contribution in [0.4, 0.5) is 15.9 Å². The van der Waals surface area contributed by atoms with Gasteiger partial charge in [0.05, 0.1) is 12.8 Å². The van der Waals surface area contributed by atoms with Crippen molar-refractivity contribution in [3.8, 4) is 6.01 Å². The lowest BCUT2D eigenvalue weighted by atomic mass is 10.2. The van der Waals surface area contributed by atoms with E-state index in [-0.39, 0.29) is 5.82 Å². The van der Waals surface area contributed by atoms with Crippen LogP contribution < -0.4 is 15.4 Å². The standard InChI is InChI=1S/C13H13FN4O/c1-19-13-17-11-7-15-6-10(11)12(18-13)16-9-4-2-8(14)3-5-9/h2-5,15H,6-7H2,1H3,(H,16,17,18). The number of anilines is 2. The molecule has 0 radical (unpaired) electrons. The van der Waals surface area contributed by atoms with E-state index in [1.165, 1.54) is 19.2 Å². The molecule has 0 saturated heterocycles. The van der Waals surface area contributed by atoms with Crippen LogP contribution in [0.15, 0.2) is 24.3 Å². The van der Waals surface area contributed by atoms with Crippen molar-refractivity contribution < 1.29 is 9.13 Å². The second-order valence-corrected chi connectivity index (χ2v) is 4.22. The lowest BCUT2D eigenvalue weighted by molar-refractivity contribution is 0.379. The average molecular weight is 260 g/mol. The second-order valence-electron chi connectivity index (χ2n) is 4.22. The number of fused-ring (bicyclic) bond motifs is 1. The molecule has 0 spiro atoms. The number of hydrogen-bond donors (Lipinski definition) is 2. The Morgan fingerprint density at radius 3 is 2.74 bits per heavy atom. The van der Waals surface area contributed by atoms with Gasteiger partial charge in [-0.3, -0.25) is 0 Å². The molecule has 2 N–H and O–H groups in total. The first kappa shape index (κ1) is 11.9. The van der Waals surface area contributed by atoms with Crippen molar-refractivity contribution in [3.63, 3.8) is 0 Å². The minimum absolute atomic E-state index is 0.266. The Balaban J connectivity index is 1.95. The van der Waals surface area contributed by atoms with E-state index in [1.807, 2.05) is 0 Å². The molecule has 3 rings (SSSR count). The molecule has 2 heterocycles. The largest absolute Gasteiger partial charge is 0.467 e. The Kier molecular flexibility index (Phi) is 3.00. The van der Waals surface area contributed by atoms with Crippen molar-refractivity contribution in [2.24, 2.45) is 0 Å². The number of aromatic nitrogens is 2. The van der Waals surface area contributed by atoms with Crippen LogP contribution in [0.5, 0.6) is 6.01 Å². The van der Waals surface area contributed by atoms with Gasteiger partial charge in [-0.25, -0.2) is 4.39 Å². The molecule has 98 valence electrons. The van der Waals surface area contributed by atoms with Crippen molar-refractivity contribution in [2.75, 3.05) is 12.4 Å². The molecule has 1 aliphatic rings. The summed E-state index contributed by atoms with van der Waals surface area (Å²) in [7, 11) is 1.53. The summed E-state index contributed by atoms with van der Waals surface area (Å²) in [5.41, 5.74) is 2.72. The highest BCUT2D eigenvalue weighted by Crippen LogP contribution is 2.26. The van der Waals surface area contributed by atoms with E-state index in [1.54, 1.807) is 12.1 Å². The number of hydrogen-bond acceptors (Lipinski definition) is 5. The second kappa shape index (κ2) is 4.81. The van der Waals surface area contributed by atoms with Gasteiger partial charge in [0.1, 0.15) is 11.6 Å². The van der Waals surface area contributed by atoms with Crippen LogP contribution in [0.2, 0.25) is 0 Å². The fourth-order valence-electron chi connectivity index (χ4n) is 2.01. The molecule has 0 bridgehead atoms. The van der Waals surface area contributed by atoms with Crippen LogP contribution in [0, 0.1) is 5.82 Å². The van der Waals surface area contributed by atoms with Crippen molar-refractivity contribution in [2.45, 2.75) is 13.1 Å². The predicted octanol–water partition coefficient (Wildman–Crippen LogP) is 1.97. The van der Waals surface area contributed by atoms with Gasteiger partial charge < -0.3 is 15.4 Å². The zero-order valence-electron chi connectivity index (χ0n) is 10.4. The Morgan fingerprint density at radius 1 is 1.21 bits per heavy atom. The maximum Gasteiger partial charge on any atom is 0.318 e. The van der Waals surface area contributed by atoms with E-state index < -0.39 is 0 Å². The normalized spacial score (nSPS) is 13.2. The fourth-order valence-corrected chi connectivity index (χ4v) is 2.01. The lowest BCUT2D eigenvalue weighted by Gasteiger charge is -2.10. The van der Waals surface area contributed by atoms with Gasteiger partial charge in [-0.1, -0.05) is 0 Å². The topological polar surface area (TPSA) is 59.1 Å². The van der Waals surface area contributed by atoms with Crippen molar-refractivity contribution in [1.29, 1.82) is 0 Å². The Bertz CT molecular complexity index is 600. The number of nitrogens with one attached hydrogen (secondary N) is 2. The summed E-state index contributed by atoms with van der Waals surface area (Å²) in [6, 6.07) is 6.46. The molecular weight excluding hydrogens is 247 g/mol. The van der Waals surface area contributed by atoms with Crippen LogP contribution in [0.3, 0.4) is 0 Å². The predicted molar refractivity (Wildman–Crippen MR) is 68.8 cm³/mol. The Labute approximate surface area is 109 Å². The summed E-state index contributed by atoms with van der Waals surface area (Å²) in [5, 5.41) is 6.38. The van der Waals surface area contributed by atoms with Crippen LogP contribution in [0.25, 0.3) is 0 Å². The number of benzene rings is 1. The third-order valence-electron chi connectivity index (χ3n) is 2.96. The van der Waals surface area contributed by atoms with E-state index in [2.05, 4.69) is 20.6 Å². The smallest absolute Gasteiger partial charge is 0.318 e. The first-order valence-corrected chi connectivity index (χ1v) is 5.93. The van der Waals surface area contributed by atoms with Gasteiger partial charge in [-0.2, -0.15) is 9.97 Å². The molecule has 6 heteroatoms. The highest BCUT2D eigenvalue weighted by molar-refractivity contribution is 5.61. The molecule has 2 aromatic rings. The van der Waals surface area contributed by atoms with Crippen LogP contribution in [-0.2, 0) is 13.1 Å². The van der Waals surface area contributed by atoms with Crippen molar-refractivity contribution >= 4 is 11.5 Å². The van der Waals surface area contributed by atoms with E-state index >= 15 is 0 Å². The summed E-state index contributed by atoms with van der Waals surface area (Å²) in [4.78, 5) is 8.59. The molecular formula is C13H13FN4O. The Morgan fingerprint density at radius 2 is 2.00 bits per heavy atom.